The predicted octanol–water partition coefficient (Wildman–Crippen LogP) is -2.52. The van der Waals surface area contributed by atoms with E-state index in [-0.39, 0.29) is 39.2 Å². The minimum absolute atomic E-state index is 0.0726. The van der Waals surface area contributed by atoms with Gasteiger partial charge in [-0.3, -0.25) is 9.59 Å². The fraction of sp³-hybridized carbons (Fsp3) is 0.600. The third kappa shape index (κ3) is 7.53. The van der Waals surface area contributed by atoms with E-state index >= 15 is 0 Å². The second-order valence-corrected chi connectivity index (χ2v) is 13.5. The van der Waals surface area contributed by atoms with Crippen LogP contribution in [0.4, 0.5) is 0 Å². The lowest BCUT2D eigenvalue weighted by Crippen LogP contribution is -2.64. The first kappa shape index (κ1) is 41.5. The zero-order valence-electron chi connectivity index (χ0n) is 30.5. The molecule has 3 aliphatic rings. The highest BCUT2D eigenvalue weighted by molar-refractivity contribution is 5.96. The third-order valence-corrected chi connectivity index (χ3v) is 9.84. The summed E-state index contributed by atoms with van der Waals surface area (Å²) in [6.07, 6.45) is -23.1. The molecule has 3 aromatic rings. The lowest BCUT2D eigenvalue weighted by atomic mass is 9.97. The second-order valence-electron chi connectivity index (χ2n) is 13.5. The van der Waals surface area contributed by atoms with Gasteiger partial charge in [0.15, 0.2) is 35.4 Å². The minimum atomic E-state index is -1.83. The molecule has 1 aromatic heterocycles. The molecule has 9 N–H and O–H groups in total. The van der Waals surface area contributed by atoms with Gasteiger partial charge in [0.05, 0.1) is 38.4 Å². The number of ether oxygens (including phenoxy) is 9. The highest BCUT2D eigenvalue weighted by Crippen LogP contribution is 2.45. The van der Waals surface area contributed by atoms with Crippen LogP contribution in [0, 0.1) is 0 Å². The molecular formula is C35H44O21. The number of phenolic OH excluding ortho intramolecular Hbond substituents is 1. The van der Waals surface area contributed by atoms with E-state index in [1.165, 1.54) is 33.1 Å². The molecule has 0 saturated carbocycles. The standard InChI is InChI=1S/C35H44O21/c1-10-21(38)26(43)28(45)33(49-10)56-31-22(39)11(2)50-35(32(31)51-12(3)37)53-16-7-14-13(6-15(16)47-4)23(40)20-17(52-14)8-18(30(48-5)25(20)42)54-34-29(46)27(44)24(41)19(9-36)55-34/h6-8,10-11,19,21-22,24,26-29,31-36,38-39,41-46H,9H2,1-5H3/t10-,11-,19+,21-,22-,24+,26+,27-,28+,29+,31+,32+,33-,34+,35-/m0/s1. The summed E-state index contributed by atoms with van der Waals surface area (Å²) in [4.78, 5) is 26.2. The van der Waals surface area contributed by atoms with Crippen LogP contribution < -0.4 is 24.4 Å². The van der Waals surface area contributed by atoms with Crippen LogP contribution in [0.1, 0.15) is 20.8 Å². The molecule has 3 saturated heterocycles. The van der Waals surface area contributed by atoms with Crippen LogP contribution in [-0.2, 0) is 28.5 Å². The number of phenols is 1. The van der Waals surface area contributed by atoms with Crippen LogP contribution in [0.25, 0.3) is 21.9 Å². The molecule has 2 aromatic carbocycles. The van der Waals surface area contributed by atoms with Gasteiger partial charge in [-0.1, -0.05) is 0 Å². The smallest absolute Gasteiger partial charge is 0.303 e. The molecule has 21 nitrogen and oxygen atoms in total. The Labute approximate surface area is 316 Å². The van der Waals surface area contributed by atoms with E-state index in [1.807, 2.05) is 0 Å². The fourth-order valence-electron chi connectivity index (χ4n) is 6.74. The van der Waals surface area contributed by atoms with Gasteiger partial charge in [-0.05, 0) is 19.9 Å². The van der Waals surface area contributed by atoms with Crippen molar-refractivity contribution in [3.8, 4) is 28.7 Å². The number of methoxy groups -OCH3 is 2. The molecule has 0 aliphatic carbocycles. The quantitative estimate of drug-likeness (QED) is 0.0755. The monoisotopic (exact) mass is 800 g/mol. The Bertz CT molecular complexity index is 1950. The summed E-state index contributed by atoms with van der Waals surface area (Å²) in [7, 11) is 2.41. The van der Waals surface area contributed by atoms with Crippen molar-refractivity contribution in [1.29, 1.82) is 0 Å². The first-order valence-corrected chi connectivity index (χ1v) is 17.4. The highest BCUT2D eigenvalue weighted by Gasteiger charge is 2.52. The Morgan fingerprint density at radius 3 is 1.95 bits per heavy atom. The third-order valence-electron chi connectivity index (χ3n) is 9.84. The number of aliphatic hydroxyl groups excluding tert-OH is 8. The average Bonchev–Trinajstić information content (AvgIpc) is 3.16. The molecular weight excluding hydrogens is 756 g/mol. The molecule has 0 unspecified atom stereocenters. The van der Waals surface area contributed by atoms with Gasteiger partial charge < -0.3 is 93.0 Å². The maximum atomic E-state index is 13.9. The number of rotatable bonds is 10. The van der Waals surface area contributed by atoms with Crippen molar-refractivity contribution in [1.82, 2.24) is 0 Å². The number of aromatic hydroxyl groups is 1. The number of benzene rings is 2. The molecule has 3 aliphatic heterocycles. The summed E-state index contributed by atoms with van der Waals surface area (Å²) < 4.78 is 56.8. The molecule has 310 valence electrons. The number of esters is 1. The van der Waals surface area contributed by atoms with Gasteiger partial charge in [0.25, 0.3) is 0 Å². The predicted molar refractivity (Wildman–Crippen MR) is 183 cm³/mol. The molecule has 0 bridgehead atoms. The molecule has 6 rings (SSSR count). The number of fused-ring (bicyclic) bond motifs is 2. The number of hydrogen-bond donors (Lipinski definition) is 9. The van der Waals surface area contributed by atoms with Gasteiger partial charge in [0.1, 0.15) is 71.5 Å². The summed E-state index contributed by atoms with van der Waals surface area (Å²) in [5, 5.41) is 93.4. The molecule has 56 heavy (non-hydrogen) atoms. The molecule has 4 heterocycles. The first-order valence-electron chi connectivity index (χ1n) is 17.4. The SMILES string of the molecule is COc1cc2c(=O)c3c(O)c(OC)c(O[C@@H]4O[C@H](CO)[C@@H](O)[C@H](O)[C@H]4O)cc3oc2cc1O[C@@H]1O[C@@H](C)[C@H](O)[C@@H](O[C@@H]2O[C@@H](C)[C@H](O)[C@@H](O)[C@H]2O)[C@H]1OC(C)=O. The Balaban J connectivity index is 1.37. The van der Waals surface area contributed by atoms with E-state index in [1.54, 1.807) is 0 Å². The van der Waals surface area contributed by atoms with Gasteiger partial charge >= 0.3 is 5.97 Å². The largest absolute Gasteiger partial charge is 0.504 e. The van der Waals surface area contributed by atoms with Crippen molar-refractivity contribution in [2.45, 2.75) is 113 Å². The maximum Gasteiger partial charge on any atom is 0.303 e. The molecule has 0 spiro atoms. The van der Waals surface area contributed by atoms with Gasteiger partial charge in [0, 0.05) is 19.1 Å². The van der Waals surface area contributed by atoms with E-state index in [0.29, 0.717) is 0 Å². The summed E-state index contributed by atoms with van der Waals surface area (Å²) in [6, 6.07) is 3.59. The van der Waals surface area contributed by atoms with Crippen molar-refractivity contribution >= 4 is 27.9 Å². The Hall–Kier alpha value is -4.10. The van der Waals surface area contributed by atoms with Crippen LogP contribution in [-0.4, -0.2) is 165 Å². The first-order chi connectivity index (χ1) is 26.5. The summed E-state index contributed by atoms with van der Waals surface area (Å²) in [5.41, 5.74) is -1.20. The normalized spacial score (nSPS) is 36.3. The summed E-state index contributed by atoms with van der Waals surface area (Å²) in [5.74, 6) is -2.53. The van der Waals surface area contributed by atoms with E-state index in [9.17, 15) is 55.5 Å². The van der Waals surface area contributed by atoms with Gasteiger partial charge in [-0.2, -0.15) is 0 Å². The number of carbonyl (C=O) groups excluding carboxylic acids is 1. The Morgan fingerprint density at radius 2 is 1.30 bits per heavy atom. The van der Waals surface area contributed by atoms with Gasteiger partial charge in [-0.25, -0.2) is 0 Å². The number of aliphatic hydroxyl groups is 8. The molecule has 3 fully saturated rings. The Kier molecular flexibility index (Phi) is 12.2. The highest BCUT2D eigenvalue weighted by atomic mass is 16.8. The van der Waals surface area contributed by atoms with Crippen molar-refractivity contribution < 1.29 is 97.8 Å². The van der Waals surface area contributed by atoms with Crippen LogP contribution >= 0.6 is 0 Å². The number of carbonyl (C=O) groups is 1. The van der Waals surface area contributed by atoms with Crippen LogP contribution in [0.2, 0.25) is 0 Å². The van der Waals surface area contributed by atoms with Crippen molar-refractivity contribution in [3.05, 3.63) is 28.4 Å². The maximum absolute atomic E-state index is 13.9. The molecule has 0 radical (unpaired) electrons. The zero-order chi connectivity index (χ0) is 40.9. The molecule has 15 atom stereocenters. The summed E-state index contributed by atoms with van der Waals surface area (Å²) >= 11 is 0. The van der Waals surface area contributed by atoms with Crippen LogP contribution in [0.5, 0.6) is 28.7 Å². The van der Waals surface area contributed by atoms with Crippen molar-refractivity contribution in [2.24, 2.45) is 0 Å². The lowest BCUT2D eigenvalue weighted by molar-refractivity contribution is -0.347. The van der Waals surface area contributed by atoms with Crippen LogP contribution in [0.3, 0.4) is 0 Å². The van der Waals surface area contributed by atoms with E-state index in [0.717, 1.165) is 20.1 Å². The second kappa shape index (κ2) is 16.4. The van der Waals surface area contributed by atoms with E-state index < -0.39 is 122 Å². The van der Waals surface area contributed by atoms with Crippen LogP contribution in [0.15, 0.2) is 27.4 Å². The molecule has 21 heteroatoms. The zero-order valence-corrected chi connectivity index (χ0v) is 30.5. The minimum Gasteiger partial charge on any atom is -0.504 e. The topological polar surface area (TPSA) is 312 Å². The lowest BCUT2D eigenvalue weighted by Gasteiger charge is -2.46. The van der Waals surface area contributed by atoms with Crippen molar-refractivity contribution in [2.75, 3.05) is 20.8 Å². The van der Waals surface area contributed by atoms with Crippen molar-refractivity contribution in [3.63, 3.8) is 0 Å². The van der Waals surface area contributed by atoms with E-state index in [4.69, 9.17) is 47.0 Å². The average molecular weight is 801 g/mol. The van der Waals surface area contributed by atoms with Gasteiger partial charge in [-0.15, -0.1) is 0 Å². The number of hydrogen-bond acceptors (Lipinski definition) is 21. The Morgan fingerprint density at radius 1 is 0.696 bits per heavy atom. The fourth-order valence-corrected chi connectivity index (χ4v) is 6.74. The van der Waals surface area contributed by atoms with Gasteiger partial charge in [0.2, 0.25) is 23.8 Å². The van der Waals surface area contributed by atoms with E-state index in [2.05, 4.69) is 0 Å². The molecule has 0 amide bonds. The summed E-state index contributed by atoms with van der Waals surface area (Å²) in [6.45, 7) is 3.21.